The van der Waals surface area contributed by atoms with Crippen molar-refractivity contribution in [1.29, 1.82) is 0 Å². The summed E-state index contributed by atoms with van der Waals surface area (Å²) in [6.07, 6.45) is 11.7. The Morgan fingerprint density at radius 2 is 0.688 bits per heavy atom. The third-order valence-electron chi connectivity index (χ3n) is 4.98. The quantitative estimate of drug-likeness (QED) is 0.577. The van der Waals surface area contributed by atoms with Crippen molar-refractivity contribution in [3.8, 4) is 0 Å². The van der Waals surface area contributed by atoms with Crippen LogP contribution in [0, 0.1) is 23.7 Å². The lowest BCUT2D eigenvalue weighted by Crippen LogP contribution is -2.21. The van der Waals surface area contributed by atoms with Gasteiger partial charge in [-0.2, -0.15) is 0 Å². The van der Waals surface area contributed by atoms with Crippen molar-refractivity contribution in [1.82, 2.24) is 0 Å². The van der Waals surface area contributed by atoms with Gasteiger partial charge >= 0.3 is 0 Å². The monoisotopic (exact) mass is 224 g/mol. The number of hydrogen-bond acceptors (Lipinski definition) is 0. The maximum Gasteiger partial charge on any atom is -0.0412 e. The second-order valence-electron chi connectivity index (χ2n) is 6.04. The van der Waals surface area contributed by atoms with Gasteiger partial charge in [0.2, 0.25) is 0 Å². The van der Waals surface area contributed by atoms with Crippen molar-refractivity contribution in [2.24, 2.45) is 23.7 Å². The molecule has 0 heteroatoms. The van der Waals surface area contributed by atoms with Crippen molar-refractivity contribution in [3.05, 3.63) is 0 Å². The van der Waals surface area contributed by atoms with Crippen molar-refractivity contribution in [2.45, 2.75) is 79.1 Å². The summed E-state index contributed by atoms with van der Waals surface area (Å²) >= 11 is 0. The minimum absolute atomic E-state index is 1.02. The van der Waals surface area contributed by atoms with Crippen LogP contribution in [0.3, 0.4) is 0 Å². The Balaban J connectivity index is 2.61. The Kier molecular flexibility index (Phi) is 6.46. The van der Waals surface area contributed by atoms with E-state index in [1.54, 1.807) is 0 Å². The molecule has 0 atom stereocenters. The SMILES string of the molecule is CCC1CC(CC)CC(CC)CC(CC)C1. The van der Waals surface area contributed by atoms with E-state index in [1.807, 2.05) is 0 Å². The molecule has 1 saturated carbocycles. The first-order valence-corrected chi connectivity index (χ1v) is 7.73. The van der Waals surface area contributed by atoms with Gasteiger partial charge in [0.05, 0.1) is 0 Å². The Labute approximate surface area is 103 Å². The summed E-state index contributed by atoms with van der Waals surface area (Å²) in [7, 11) is 0. The van der Waals surface area contributed by atoms with Gasteiger partial charge in [-0.1, -0.05) is 53.4 Å². The normalized spacial score (nSPS) is 36.8. The molecule has 0 spiro atoms. The topological polar surface area (TPSA) is 0 Å². The zero-order chi connectivity index (χ0) is 12.0. The van der Waals surface area contributed by atoms with Crippen LogP contribution in [-0.4, -0.2) is 0 Å². The lowest BCUT2D eigenvalue weighted by Gasteiger charge is -2.33. The van der Waals surface area contributed by atoms with Crippen LogP contribution in [0.2, 0.25) is 0 Å². The minimum Gasteiger partial charge on any atom is -0.0651 e. The fourth-order valence-corrected chi connectivity index (χ4v) is 3.60. The average molecular weight is 224 g/mol. The van der Waals surface area contributed by atoms with Gasteiger partial charge < -0.3 is 0 Å². The molecule has 0 N–H and O–H groups in total. The average Bonchev–Trinajstić information content (AvgIpc) is 2.29. The molecule has 0 unspecified atom stereocenters. The van der Waals surface area contributed by atoms with E-state index in [4.69, 9.17) is 0 Å². The van der Waals surface area contributed by atoms with E-state index in [0.717, 1.165) is 23.7 Å². The summed E-state index contributed by atoms with van der Waals surface area (Å²) in [5.74, 6) is 4.08. The molecule has 0 aromatic heterocycles. The van der Waals surface area contributed by atoms with Crippen LogP contribution in [0.25, 0.3) is 0 Å². The zero-order valence-electron chi connectivity index (χ0n) is 12.0. The molecule has 1 aliphatic rings. The van der Waals surface area contributed by atoms with Gasteiger partial charge in [-0.25, -0.2) is 0 Å². The second-order valence-corrected chi connectivity index (χ2v) is 6.04. The van der Waals surface area contributed by atoms with Gasteiger partial charge in [0.15, 0.2) is 0 Å². The van der Waals surface area contributed by atoms with E-state index < -0.39 is 0 Å². The highest BCUT2D eigenvalue weighted by atomic mass is 14.3. The molecule has 1 rings (SSSR count). The minimum atomic E-state index is 1.02. The second kappa shape index (κ2) is 7.35. The van der Waals surface area contributed by atoms with Crippen molar-refractivity contribution >= 4 is 0 Å². The van der Waals surface area contributed by atoms with E-state index >= 15 is 0 Å². The molecule has 0 heterocycles. The number of hydrogen-bond donors (Lipinski definition) is 0. The lowest BCUT2D eigenvalue weighted by molar-refractivity contribution is 0.183. The van der Waals surface area contributed by atoms with Gasteiger partial charge in [0.25, 0.3) is 0 Å². The van der Waals surface area contributed by atoms with E-state index in [1.165, 1.54) is 51.4 Å². The van der Waals surface area contributed by atoms with Gasteiger partial charge in [0.1, 0.15) is 0 Å². The molecule has 0 saturated heterocycles. The highest BCUT2D eigenvalue weighted by Crippen LogP contribution is 2.38. The highest BCUT2D eigenvalue weighted by Gasteiger charge is 2.25. The Morgan fingerprint density at radius 3 is 0.812 bits per heavy atom. The molecule has 0 aromatic carbocycles. The molecule has 1 fully saturated rings. The molecule has 0 bridgehead atoms. The van der Waals surface area contributed by atoms with Crippen molar-refractivity contribution in [3.63, 3.8) is 0 Å². The third kappa shape index (κ3) is 4.11. The first kappa shape index (κ1) is 14.1. The zero-order valence-corrected chi connectivity index (χ0v) is 12.0. The standard InChI is InChI=1S/C16H32/c1-5-13-9-14(6-2)11-16(8-4)12-15(7-3)10-13/h13-16H,5-12H2,1-4H3. The van der Waals surface area contributed by atoms with Crippen LogP contribution < -0.4 is 0 Å². The Hall–Kier alpha value is 0. The molecule has 0 nitrogen and oxygen atoms in total. The molecular weight excluding hydrogens is 192 g/mol. The van der Waals surface area contributed by atoms with Gasteiger partial charge in [-0.15, -0.1) is 0 Å². The van der Waals surface area contributed by atoms with Gasteiger partial charge in [-0.3, -0.25) is 0 Å². The summed E-state index contributed by atoms with van der Waals surface area (Å²) in [6.45, 7) is 9.57. The van der Waals surface area contributed by atoms with Crippen LogP contribution in [-0.2, 0) is 0 Å². The fraction of sp³-hybridized carbons (Fsp3) is 1.00. The van der Waals surface area contributed by atoms with Crippen LogP contribution in [0.15, 0.2) is 0 Å². The third-order valence-corrected chi connectivity index (χ3v) is 4.98. The first-order chi connectivity index (χ1) is 7.73. The predicted molar refractivity (Wildman–Crippen MR) is 73.6 cm³/mol. The summed E-state index contributed by atoms with van der Waals surface area (Å²) < 4.78 is 0. The maximum absolute atomic E-state index is 2.39. The van der Waals surface area contributed by atoms with E-state index in [-0.39, 0.29) is 0 Å². The molecule has 0 aliphatic heterocycles. The molecule has 0 radical (unpaired) electrons. The van der Waals surface area contributed by atoms with E-state index in [2.05, 4.69) is 27.7 Å². The summed E-state index contributed by atoms with van der Waals surface area (Å²) in [5.41, 5.74) is 0. The smallest absolute Gasteiger partial charge is 0.0412 e. The molecule has 0 aromatic rings. The number of rotatable bonds is 4. The Morgan fingerprint density at radius 1 is 0.500 bits per heavy atom. The highest BCUT2D eigenvalue weighted by molar-refractivity contribution is 4.77. The van der Waals surface area contributed by atoms with Gasteiger partial charge in [0, 0.05) is 0 Å². The fourth-order valence-electron chi connectivity index (χ4n) is 3.60. The van der Waals surface area contributed by atoms with Crippen LogP contribution in [0.5, 0.6) is 0 Å². The largest absolute Gasteiger partial charge is 0.0651 e. The van der Waals surface area contributed by atoms with Crippen LogP contribution in [0.1, 0.15) is 79.1 Å². The van der Waals surface area contributed by atoms with Crippen LogP contribution in [0.4, 0.5) is 0 Å². The maximum atomic E-state index is 2.39. The predicted octanol–water partition coefficient (Wildman–Crippen LogP) is 5.67. The Bertz CT molecular complexity index is 125. The van der Waals surface area contributed by atoms with Crippen LogP contribution >= 0.6 is 0 Å². The lowest BCUT2D eigenvalue weighted by atomic mass is 9.72. The van der Waals surface area contributed by atoms with E-state index in [0.29, 0.717) is 0 Å². The van der Waals surface area contributed by atoms with E-state index in [9.17, 15) is 0 Å². The van der Waals surface area contributed by atoms with Gasteiger partial charge in [-0.05, 0) is 49.4 Å². The van der Waals surface area contributed by atoms with Crippen molar-refractivity contribution in [2.75, 3.05) is 0 Å². The summed E-state index contributed by atoms with van der Waals surface area (Å²) in [6, 6.07) is 0. The summed E-state index contributed by atoms with van der Waals surface area (Å²) in [5, 5.41) is 0. The first-order valence-electron chi connectivity index (χ1n) is 7.73. The summed E-state index contributed by atoms with van der Waals surface area (Å²) in [4.78, 5) is 0. The molecule has 1 aliphatic carbocycles. The molecule has 96 valence electrons. The molecular formula is C16H32. The molecule has 16 heavy (non-hydrogen) atoms. The molecule has 0 amide bonds. The van der Waals surface area contributed by atoms with Crippen molar-refractivity contribution < 1.29 is 0 Å².